The molecule has 2 unspecified atom stereocenters. The zero-order chi connectivity index (χ0) is 13.3. The van der Waals surface area contributed by atoms with E-state index in [9.17, 15) is 5.11 Å². The van der Waals surface area contributed by atoms with E-state index in [-0.39, 0.29) is 6.10 Å². The number of hydrogen-bond acceptors (Lipinski definition) is 4. The van der Waals surface area contributed by atoms with Gasteiger partial charge >= 0.3 is 0 Å². The maximum Gasteiger partial charge on any atom is 0.105 e. The first-order valence-electron chi connectivity index (χ1n) is 6.48. The molecule has 0 aliphatic carbocycles. The van der Waals surface area contributed by atoms with Crippen LogP contribution in [0.5, 0.6) is 0 Å². The van der Waals surface area contributed by atoms with Gasteiger partial charge in [-0.1, -0.05) is 0 Å². The lowest BCUT2D eigenvalue weighted by atomic mass is 9.96. The molecule has 2 N–H and O–H groups in total. The molecule has 102 valence electrons. The van der Waals surface area contributed by atoms with Crippen molar-refractivity contribution < 1.29 is 9.84 Å². The van der Waals surface area contributed by atoms with E-state index in [0.717, 1.165) is 12.2 Å². The molecule has 1 saturated heterocycles. The van der Waals surface area contributed by atoms with E-state index in [4.69, 9.17) is 4.74 Å². The van der Waals surface area contributed by atoms with Gasteiger partial charge in [-0.05, 0) is 20.8 Å². The predicted molar refractivity (Wildman–Crippen MR) is 69.4 cm³/mol. The van der Waals surface area contributed by atoms with Gasteiger partial charge in [0.25, 0.3) is 0 Å². The molecule has 0 spiro atoms. The summed E-state index contributed by atoms with van der Waals surface area (Å²) in [6, 6.07) is 0. The minimum atomic E-state index is -0.732. The lowest BCUT2D eigenvalue weighted by Crippen LogP contribution is -2.45. The number of aliphatic hydroxyl groups is 1. The van der Waals surface area contributed by atoms with Crippen molar-refractivity contribution in [3.8, 4) is 0 Å². The summed E-state index contributed by atoms with van der Waals surface area (Å²) in [4.78, 5) is 0. The molecule has 2 atom stereocenters. The molecule has 1 aromatic rings. The fourth-order valence-electron chi connectivity index (χ4n) is 2.48. The second kappa shape index (κ2) is 4.99. The molecule has 18 heavy (non-hydrogen) atoms. The largest absolute Gasteiger partial charge is 0.386 e. The zero-order valence-electron chi connectivity index (χ0n) is 11.7. The zero-order valence-corrected chi connectivity index (χ0v) is 11.7. The molecule has 1 aliphatic rings. The summed E-state index contributed by atoms with van der Waals surface area (Å²) >= 11 is 0. The van der Waals surface area contributed by atoms with Crippen molar-refractivity contribution in [2.45, 2.75) is 45.4 Å². The van der Waals surface area contributed by atoms with Gasteiger partial charge in [-0.25, -0.2) is 0 Å². The van der Waals surface area contributed by atoms with Crippen LogP contribution in [0.2, 0.25) is 0 Å². The van der Waals surface area contributed by atoms with Gasteiger partial charge in [0.15, 0.2) is 0 Å². The first kappa shape index (κ1) is 13.5. The highest BCUT2D eigenvalue weighted by atomic mass is 16.5. The quantitative estimate of drug-likeness (QED) is 0.828. The van der Waals surface area contributed by atoms with Crippen molar-refractivity contribution in [3.05, 3.63) is 17.0 Å². The Bertz CT molecular complexity index is 430. The van der Waals surface area contributed by atoms with Crippen molar-refractivity contribution in [1.82, 2.24) is 15.1 Å². The van der Waals surface area contributed by atoms with Crippen molar-refractivity contribution in [3.63, 3.8) is 0 Å². The van der Waals surface area contributed by atoms with Gasteiger partial charge in [-0.3, -0.25) is 4.68 Å². The third-order valence-electron chi connectivity index (χ3n) is 4.05. The molecule has 0 amide bonds. The van der Waals surface area contributed by atoms with E-state index in [1.807, 2.05) is 25.6 Å². The van der Waals surface area contributed by atoms with Crippen molar-refractivity contribution in [1.29, 1.82) is 0 Å². The number of aryl methyl sites for hydroxylation is 2. The topological polar surface area (TPSA) is 59.3 Å². The van der Waals surface area contributed by atoms with Crippen molar-refractivity contribution >= 4 is 0 Å². The van der Waals surface area contributed by atoms with E-state index in [1.54, 1.807) is 0 Å². The Kier molecular flexibility index (Phi) is 3.75. The lowest BCUT2D eigenvalue weighted by Gasteiger charge is -2.26. The summed E-state index contributed by atoms with van der Waals surface area (Å²) in [5, 5.41) is 18.1. The van der Waals surface area contributed by atoms with Gasteiger partial charge in [0, 0.05) is 44.4 Å². The highest BCUT2D eigenvalue weighted by Crippen LogP contribution is 2.25. The van der Waals surface area contributed by atoms with Gasteiger partial charge in [0.05, 0.1) is 11.8 Å². The normalized spacial score (nSPS) is 27.9. The Morgan fingerprint density at radius 1 is 1.56 bits per heavy atom. The van der Waals surface area contributed by atoms with Crippen LogP contribution in [0.25, 0.3) is 0 Å². The van der Waals surface area contributed by atoms with Crippen LogP contribution in [-0.2, 0) is 18.3 Å². The van der Waals surface area contributed by atoms with Crippen molar-refractivity contribution in [2.75, 3.05) is 13.2 Å². The summed E-state index contributed by atoms with van der Waals surface area (Å²) in [7, 11) is 1.95. The fraction of sp³-hybridized carbons (Fsp3) is 0.769. The first-order chi connectivity index (χ1) is 8.44. The second-order valence-electron chi connectivity index (χ2n) is 5.24. The van der Waals surface area contributed by atoms with Crippen LogP contribution in [0.1, 0.15) is 30.3 Å². The Labute approximate surface area is 108 Å². The fourth-order valence-corrected chi connectivity index (χ4v) is 2.48. The third-order valence-corrected chi connectivity index (χ3v) is 4.05. The monoisotopic (exact) mass is 253 g/mol. The lowest BCUT2D eigenvalue weighted by molar-refractivity contribution is -0.0263. The second-order valence-corrected chi connectivity index (χ2v) is 5.24. The Morgan fingerprint density at radius 3 is 2.78 bits per heavy atom. The summed E-state index contributed by atoms with van der Waals surface area (Å²) in [6.45, 7) is 7.94. The first-order valence-corrected chi connectivity index (χ1v) is 6.48. The molecule has 5 nitrogen and oxygen atoms in total. The van der Waals surface area contributed by atoms with Crippen LogP contribution >= 0.6 is 0 Å². The molecule has 0 saturated carbocycles. The molecule has 0 bridgehead atoms. The molecular weight excluding hydrogens is 230 g/mol. The Balaban J connectivity index is 1.92. The minimum absolute atomic E-state index is 0.0962. The van der Waals surface area contributed by atoms with E-state index in [1.165, 1.54) is 11.3 Å². The number of nitrogens with one attached hydrogen (secondary N) is 1. The van der Waals surface area contributed by atoms with Crippen LogP contribution in [0.3, 0.4) is 0 Å². The molecule has 2 rings (SSSR count). The molecule has 2 heterocycles. The van der Waals surface area contributed by atoms with Gasteiger partial charge in [-0.15, -0.1) is 0 Å². The molecule has 1 aliphatic heterocycles. The summed E-state index contributed by atoms with van der Waals surface area (Å²) in [5.74, 6) is 0. The average molecular weight is 253 g/mol. The average Bonchev–Trinajstić information content (AvgIpc) is 2.75. The van der Waals surface area contributed by atoms with E-state index in [0.29, 0.717) is 19.6 Å². The maximum absolute atomic E-state index is 10.4. The van der Waals surface area contributed by atoms with Crippen LogP contribution in [-0.4, -0.2) is 39.7 Å². The van der Waals surface area contributed by atoms with Crippen LogP contribution < -0.4 is 5.32 Å². The third kappa shape index (κ3) is 2.43. The molecule has 0 radical (unpaired) electrons. The SMILES string of the molecule is Cc1nn(C)c(C)c1CNCC1(O)CCOC1C. The van der Waals surface area contributed by atoms with E-state index in [2.05, 4.69) is 17.3 Å². The van der Waals surface area contributed by atoms with E-state index >= 15 is 0 Å². The van der Waals surface area contributed by atoms with Gasteiger partial charge < -0.3 is 15.2 Å². The molecule has 1 aromatic heterocycles. The number of rotatable bonds is 4. The Hall–Kier alpha value is -0.910. The van der Waals surface area contributed by atoms with Crippen LogP contribution in [0, 0.1) is 13.8 Å². The highest BCUT2D eigenvalue weighted by molar-refractivity contribution is 5.24. The smallest absolute Gasteiger partial charge is 0.105 e. The van der Waals surface area contributed by atoms with Crippen molar-refractivity contribution in [2.24, 2.45) is 7.05 Å². The number of nitrogens with zero attached hydrogens (tertiary/aromatic N) is 2. The molecular formula is C13H23N3O2. The summed E-state index contributed by atoms with van der Waals surface area (Å²) < 4.78 is 7.31. The van der Waals surface area contributed by atoms with Crippen LogP contribution in [0.4, 0.5) is 0 Å². The van der Waals surface area contributed by atoms with Gasteiger partial charge in [0.1, 0.15) is 5.60 Å². The maximum atomic E-state index is 10.4. The van der Waals surface area contributed by atoms with Gasteiger partial charge in [-0.2, -0.15) is 5.10 Å². The molecule has 0 aromatic carbocycles. The molecule has 1 fully saturated rings. The standard InChI is InChI=1S/C13H23N3O2/c1-9-12(10(2)16(4)15-9)7-14-8-13(17)5-6-18-11(13)3/h11,14,17H,5-8H2,1-4H3. The summed E-state index contributed by atoms with van der Waals surface area (Å²) in [5.41, 5.74) is 2.70. The predicted octanol–water partition coefficient (Wildman–Crippen LogP) is 0.666. The van der Waals surface area contributed by atoms with E-state index < -0.39 is 5.60 Å². The Morgan fingerprint density at radius 2 is 2.28 bits per heavy atom. The number of ether oxygens (including phenoxy) is 1. The number of hydrogen-bond donors (Lipinski definition) is 2. The highest BCUT2D eigenvalue weighted by Gasteiger charge is 2.39. The molecule has 5 heteroatoms. The van der Waals surface area contributed by atoms with Gasteiger partial charge in [0.2, 0.25) is 0 Å². The number of aromatic nitrogens is 2. The minimum Gasteiger partial charge on any atom is -0.386 e. The summed E-state index contributed by atoms with van der Waals surface area (Å²) in [6.07, 6.45) is 0.604. The van der Waals surface area contributed by atoms with Crippen LogP contribution in [0.15, 0.2) is 0 Å².